The zero-order valence-electron chi connectivity index (χ0n) is 6.24. The minimum atomic E-state index is -3.07. The van der Waals surface area contributed by atoms with E-state index in [0.29, 0.717) is 13.1 Å². The van der Waals surface area contributed by atoms with Crippen molar-refractivity contribution >= 4 is 10.2 Å². The van der Waals surface area contributed by atoms with Crippen LogP contribution in [0.4, 0.5) is 0 Å². The summed E-state index contributed by atoms with van der Waals surface area (Å²) in [5.74, 6) is 0. The third-order valence-electron chi connectivity index (χ3n) is 1.73. The summed E-state index contributed by atoms with van der Waals surface area (Å²) >= 11 is 0. The Hall–Kier alpha value is -0.130. The molecule has 0 unspecified atom stereocenters. The second-order valence-corrected chi connectivity index (χ2v) is 4.65. The van der Waals surface area contributed by atoms with Crippen molar-refractivity contribution in [3.63, 3.8) is 0 Å². The Balaban J connectivity index is 2.84. The molecule has 0 atom stereocenters. The van der Waals surface area contributed by atoms with Crippen LogP contribution in [-0.4, -0.2) is 44.2 Å². The number of nitrogens with zero attached hydrogens (tertiary/aromatic N) is 2. The van der Waals surface area contributed by atoms with Crippen molar-refractivity contribution in [2.45, 2.75) is 6.42 Å². The molecule has 0 spiro atoms. The van der Waals surface area contributed by atoms with Crippen LogP contribution in [0.15, 0.2) is 0 Å². The van der Waals surface area contributed by atoms with Gasteiger partial charge in [-0.15, -0.1) is 0 Å². The summed E-state index contributed by atoms with van der Waals surface area (Å²) in [5.41, 5.74) is 0. The van der Waals surface area contributed by atoms with Crippen molar-refractivity contribution in [1.82, 2.24) is 8.61 Å². The molecular formula is C5H12N2O2S. The topological polar surface area (TPSA) is 40.6 Å². The predicted molar refractivity (Wildman–Crippen MR) is 38.8 cm³/mol. The SMILES string of the molecule is CN1CCCN(C)S1(=O)=O. The van der Waals surface area contributed by atoms with E-state index in [1.807, 2.05) is 0 Å². The first-order valence-corrected chi connectivity index (χ1v) is 4.62. The quantitative estimate of drug-likeness (QED) is 0.484. The summed E-state index contributed by atoms with van der Waals surface area (Å²) in [4.78, 5) is 0. The first-order chi connectivity index (χ1) is 4.55. The fourth-order valence-corrected chi connectivity index (χ4v) is 2.18. The Morgan fingerprint density at radius 3 is 1.80 bits per heavy atom. The highest BCUT2D eigenvalue weighted by atomic mass is 32.2. The zero-order valence-corrected chi connectivity index (χ0v) is 7.06. The molecule has 0 aromatic carbocycles. The molecule has 0 radical (unpaired) electrons. The van der Waals surface area contributed by atoms with Crippen LogP contribution in [0.25, 0.3) is 0 Å². The highest BCUT2D eigenvalue weighted by Gasteiger charge is 2.26. The molecule has 0 amide bonds. The van der Waals surface area contributed by atoms with Crippen molar-refractivity contribution < 1.29 is 8.42 Å². The van der Waals surface area contributed by atoms with Gasteiger partial charge in [0.15, 0.2) is 0 Å². The predicted octanol–water partition coefficient (Wildman–Crippen LogP) is -0.502. The monoisotopic (exact) mass is 164 g/mol. The Labute approximate surface area is 61.6 Å². The van der Waals surface area contributed by atoms with Crippen molar-refractivity contribution in [3.8, 4) is 0 Å². The van der Waals surface area contributed by atoms with Gasteiger partial charge in [-0.1, -0.05) is 0 Å². The van der Waals surface area contributed by atoms with Gasteiger partial charge in [-0.3, -0.25) is 0 Å². The normalized spacial score (nSPS) is 28.6. The molecule has 1 fully saturated rings. The van der Waals surface area contributed by atoms with Gasteiger partial charge in [0, 0.05) is 27.2 Å². The van der Waals surface area contributed by atoms with E-state index in [2.05, 4.69) is 0 Å². The second-order valence-electron chi connectivity index (χ2n) is 2.50. The Morgan fingerprint density at radius 1 is 1.10 bits per heavy atom. The molecule has 0 aliphatic carbocycles. The van der Waals surface area contributed by atoms with E-state index < -0.39 is 10.2 Å². The summed E-state index contributed by atoms with van der Waals surface area (Å²) in [6.07, 6.45) is 0.923. The molecule has 1 aliphatic heterocycles. The van der Waals surface area contributed by atoms with E-state index in [1.54, 1.807) is 14.1 Å². The van der Waals surface area contributed by atoms with Crippen LogP contribution in [-0.2, 0) is 10.2 Å². The van der Waals surface area contributed by atoms with Gasteiger partial charge in [0.1, 0.15) is 0 Å². The van der Waals surface area contributed by atoms with Gasteiger partial charge in [0.05, 0.1) is 0 Å². The maximum atomic E-state index is 11.2. The summed E-state index contributed by atoms with van der Waals surface area (Å²) < 4.78 is 25.1. The summed E-state index contributed by atoms with van der Waals surface area (Å²) in [6.45, 7) is 1.29. The lowest BCUT2D eigenvalue weighted by Gasteiger charge is -2.29. The minimum Gasteiger partial charge on any atom is -0.195 e. The van der Waals surface area contributed by atoms with Crippen LogP contribution >= 0.6 is 0 Å². The maximum absolute atomic E-state index is 11.2. The van der Waals surface area contributed by atoms with Crippen molar-refractivity contribution in [3.05, 3.63) is 0 Å². The molecule has 60 valence electrons. The van der Waals surface area contributed by atoms with Gasteiger partial charge in [-0.25, -0.2) is 0 Å². The molecule has 0 saturated carbocycles. The second kappa shape index (κ2) is 2.48. The van der Waals surface area contributed by atoms with Gasteiger partial charge in [-0.05, 0) is 6.42 Å². The highest BCUT2D eigenvalue weighted by Crippen LogP contribution is 2.10. The van der Waals surface area contributed by atoms with E-state index in [9.17, 15) is 8.42 Å². The van der Waals surface area contributed by atoms with Gasteiger partial charge in [0.2, 0.25) is 0 Å². The average molecular weight is 164 g/mol. The molecule has 0 aromatic heterocycles. The Bertz CT molecular complexity index is 196. The van der Waals surface area contributed by atoms with Gasteiger partial charge < -0.3 is 0 Å². The zero-order chi connectivity index (χ0) is 7.78. The fourth-order valence-electron chi connectivity index (χ4n) is 0.985. The molecule has 1 heterocycles. The average Bonchev–Trinajstić information content (AvgIpc) is 1.84. The van der Waals surface area contributed by atoms with Crippen LogP contribution in [0, 0.1) is 0 Å². The van der Waals surface area contributed by atoms with Crippen molar-refractivity contribution in [2.75, 3.05) is 27.2 Å². The highest BCUT2D eigenvalue weighted by molar-refractivity contribution is 7.86. The van der Waals surface area contributed by atoms with Crippen LogP contribution in [0.2, 0.25) is 0 Å². The lowest BCUT2D eigenvalue weighted by Crippen LogP contribution is -2.45. The Kier molecular flexibility index (Phi) is 1.98. The summed E-state index contributed by atoms with van der Waals surface area (Å²) in [5, 5.41) is 0. The molecule has 5 heteroatoms. The first kappa shape index (κ1) is 7.97. The molecule has 0 bridgehead atoms. The van der Waals surface area contributed by atoms with Crippen LogP contribution in [0.1, 0.15) is 6.42 Å². The van der Waals surface area contributed by atoms with E-state index in [-0.39, 0.29) is 0 Å². The van der Waals surface area contributed by atoms with Crippen molar-refractivity contribution in [2.24, 2.45) is 0 Å². The lowest BCUT2D eigenvalue weighted by molar-refractivity contribution is 0.337. The summed E-state index contributed by atoms with van der Waals surface area (Å²) in [7, 11) is 0.131. The molecule has 1 aliphatic rings. The van der Waals surface area contributed by atoms with E-state index in [1.165, 1.54) is 8.61 Å². The minimum absolute atomic E-state index is 0.646. The van der Waals surface area contributed by atoms with Crippen LogP contribution in [0.3, 0.4) is 0 Å². The molecule has 10 heavy (non-hydrogen) atoms. The largest absolute Gasteiger partial charge is 0.281 e. The van der Waals surface area contributed by atoms with Gasteiger partial charge >= 0.3 is 0 Å². The number of hydrogen-bond acceptors (Lipinski definition) is 2. The van der Waals surface area contributed by atoms with E-state index in [4.69, 9.17) is 0 Å². The van der Waals surface area contributed by atoms with Gasteiger partial charge in [-0.2, -0.15) is 17.0 Å². The molecule has 1 rings (SSSR count). The Morgan fingerprint density at radius 2 is 1.50 bits per heavy atom. The van der Waals surface area contributed by atoms with Gasteiger partial charge in [0.25, 0.3) is 10.2 Å². The number of hydrogen-bond donors (Lipinski definition) is 0. The third-order valence-corrected chi connectivity index (χ3v) is 3.67. The molecule has 0 aromatic rings. The van der Waals surface area contributed by atoms with E-state index in [0.717, 1.165) is 6.42 Å². The molecule has 4 nitrogen and oxygen atoms in total. The van der Waals surface area contributed by atoms with E-state index >= 15 is 0 Å². The lowest BCUT2D eigenvalue weighted by atomic mass is 10.4. The number of rotatable bonds is 0. The fraction of sp³-hybridized carbons (Fsp3) is 1.00. The third kappa shape index (κ3) is 1.16. The standard InChI is InChI=1S/C5H12N2O2S/c1-6-4-3-5-7(2)10(6,8)9/h3-5H2,1-2H3. The smallest absolute Gasteiger partial charge is 0.195 e. The molecular weight excluding hydrogens is 152 g/mol. The molecule has 1 saturated heterocycles. The maximum Gasteiger partial charge on any atom is 0.281 e. The summed E-state index contributed by atoms with van der Waals surface area (Å²) in [6, 6.07) is 0. The van der Waals surface area contributed by atoms with Crippen LogP contribution in [0.5, 0.6) is 0 Å². The first-order valence-electron chi connectivity index (χ1n) is 3.23. The van der Waals surface area contributed by atoms with Crippen molar-refractivity contribution in [1.29, 1.82) is 0 Å². The molecule has 0 N–H and O–H groups in total. The van der Waals surface area contributed by atoms with Crippen LogP contribution < -0.4 is 0 Å².